The van der Waals surface area contributed by atoms with Crippen molar-refractivity contribution in [2.45, 2.75) is 24.7 Å². The number of hydrogen-bond acceptors (Lipinski definition) is 1. The van der Waals surface area contributed by atoms with E-state index in [-0.39, 0.29) is 5.83 Å². The second-order valence-corrected chi connectivity index (χ2v) is 3.69. The Balaban J connectivity index is 2.47. The van der Waals surface area contributed by atoms with Crippen LogP contribution >= 0.6 is 11.8 Å². The van der Waals surface area contributed by atoms with Gasteiger partial charge in [-0.05, 0) is 25.0 Å². The monoisotopic (exact) mass is 196 g/mol. The second kappa shape index (κ2) is 5.81. The van der Waals surface area contributed by atoms with Crippen molar-refractivity contribution in [1.82, 2.24) is 0 Å². The van der Waals surface area contributed by atoms with Gasteiger partial charge in [-0.3, -0.25) is 0 Å². The van der Waals surface area contributed by atoms with Crippen LogP contribution in [0.4, 0.5) is 4.39 Å². The van der Waals surface area contributed by atoms with Crippen molar-refractivity contribution < 1.29 is 4.39 Å². The number of halogens is 1. The molecule has 1 aromatic rings. The van der Waals surface area contributed by atoms with E-state index in [4.69, 9.17) is 0 Å². The zero-order valence-corrected chi connectivity index (χ0v) is 8.48. The van der Waals surface area contributed by atoms with Crippen LogP contribution in [0.25, 0.3) is 0 Å². The van der Waals surface area contributed by atoms with Gasteiger partial charge in [-0.15, -0.1) is 0 Å². The summed E-state index contributed by atoms with van der Waals surface area (Å²) in [5.41, 5.74) is 0. The number of rotatable bonds is 4. The molecule has 0 N–H and O–H groups in total. The molecule has 0 nitrogen and oxygen atoms in total. The van der Waals surface area contributed by atoms with Crippen molar-refractivity contribution in [3.05, 3.63) is 41.6 Å². The molecule has 0 saturated heterocycles. The molecule has 0 atom stereocenters. The Kier molecular flexibility index (Phi) is 4.61. The largest absolute Gasteiger partial charge is 0.211 e. The molecule has 0 aliphatic rings. The van der Waals surface area contributed by atoms with E-state index < -0.39 is 0 Å². The molecule has 0 heterocycles. The average Bonchev–Trinajstić information content (AvgIpc) is 2.17. The van der Waals surface area contributed by atoms with Crippen LogP contribution in [0, 0.1) is 0 Å². The van der Waals surface area contributed by atoms with Crippen LogP contribution in [0.2, 0.25) is 0 Å². The van der Waals surface area contributed by atoms with Crippen LogP contribution in [-0.2, 0) is 0 Å². The zero-order valence-electron chi connectivity index (χ0n) is 7.66. The fraction of sp³-hybridized carbons (Fsp3) is 0.273. The van der Waals surface area contributed by atoms with E-state index >= 15 is 0 Å². The number of allylic oxidation sites excluding steroid dienone is 1. The number of hydrogen-bond donors (Lipinski definition) is 0. The molecule has 2 heteroatoms. The summed E-state index contributed by atoms with van der Waals surface area (Å²) in [6.45, 7) is 1.97. The Bertz CT molecular complexity index is 267. The summed E-state index contributed by atoms with van der Waals surface area (Å²) in [7, 11) is 0. The van der Waals surface area contributed by atoms with E-state index in [0.717, 1.165) is 11.3 Å². The molecule has 0 fully saturated rings. The highest BCUT2D eigenvalue weighted by Crippen LogP contribution is 2.21. The summed E-state index contributed by atoms with van der Waals surface area (Å²) in [4.78, 5) is 1.08. The van der Waals surface area contributed by atoms with Gasteiger partial charge in [0.15, 0.2) is 0 Å². The van der Waals surface area contributed by atoms with Gasteiger partial charge in [-0.1, -0.05) is 36.9 Å². The molecular formula is C11H13FS. The molecule has 0 aliphatic heterocycles. The van der Waals surface area contributed by atoms with Crippen LogP contribution in [0.5, 0.6) is 0 Å². The maximum Gasteiger partial charge on any atom is 0.107 e. The van der Waals surface area contributed by atoms with Gasteiger partial charge >= 0.3 is 0 Å². The Hall–Kier alpha value is -0.760. The van der Waals surface area contributed by atoms with E-state index in [2.05, 4.69) is 0 Å². The summed E-state index contributed by atoms with van der Waals surface area (Å²) < 4.78 is 12.9. The molecule has 0 amide bonds. The molecular weight excluding hydrogens is 183 g/mol. The molecule has 70 valence electrons. The fourth-order valence-electron chi connectivity index (χ4n) is 0.929. The van der Waals surface area contributed by atoms with Crippen molar-refractivity contribution in [2.24, 2.45) is 0 Å². The number of benzene rings is 1. The van der Waals surface area contributed by atoms with Crippen molar-refractivity contribution in [1.29, 1.82) is 0 Å². The molecule has 0 bridgehead atoms. The van der Waals surface area contributed by atoms with Gasteiger partial charge in [0.25, 0.3) is 0 Å². The average molecular weight is 196 g/mol. The summed E-state index contributed by atoms with van der Waals surface area (Å²) in [6.07, 6.45) is 1.40. The van der Waals surface area contributed by atoms with E-state index in [0.29, 0.717) is 6.42 Å². The lowest BCUT2D eigenvalue weighted by molar-refractivity contribution is 0.586. The minimum Gasteiger partial charge on any atom is -0.211 e. The lowest BCUT2D eigenvalue weighted by Crippen LogP contribution is -1.71. The predicted molar refractivity (Wildman–Crippen MR) is 56.4 cm³/mol. The first-order valence-corrected chi connectivity index (χ1v) is 5.27. The van der Waals surface area contributed by atoms with Crippen molar-refractivity contribution >= 4 is 11.8 Å². The molecule has 0 saturated carbocycles. The van der Waals surface area contributed by atoms with E-state index in [1.807, 2.05) is 37.3 Å². The molecule has 0 spiro atoms. The molecule has 0 aromatic heterocycles. The first-order chi connectivity index (χ1) is 6.33. The first kappa shape index (κ1) is 10.3. The van der Waals surface area contributed by atoms with Crippen molar-refractivity contribution in [3.8, 4) is 0 Å². The quantitative estimate of drug-likeness (QED) is 0.643. The second-order valence-electron chi connectivity index (χ2n) is 2.75. The Morgan fingerprint density at radius 3 is 2.69 bits per heavy atom. The van der Waals surface area contributed by atoms with Gasteiger partial charge in [0, 0.05) is 10.3 Å². The molecule has 1 rings (SSSR count). The summed E-state index contributed by atoms with van der Waals surface area (Å²) >= 11 is 1.43. The molecule has 0 aliphatic carbocycles. The van der Waals surface area contributed by atoms with E-state index in [1.54, 1.807) is 5.41 Å². The van der Waals surface area contributed by atoms with E-state index in [1.165, 1.54) is 11.8 Å². The summed E-state index contributed by atoms with van der Waals surface area (Å²) in [5, 5.41) is 1.58. The lowest BCUT2D eigenvalue weighted by atomic mass is 10.3. The maximum atomic E-state index is 12.9. The van der Waals surface area contributed by atoms with Gasteiger partial charge < -0.3 is 0 Å². The Morgan fingerprint density at radius 1 is 1.38 bits per heavy atom. The topological polar surface area (TPSA) is 0 Å². The summed E-state index contributed by atoms with van der Waals surface area (Å²) in [5.74, 6) is -0.0312. The van der Waals surface area contributed by atoms with Gasteiger partial charge in [-0.25, -0.2) is 4.39 Å². The van der Waals surface area contributed by atoms with Crippen LogP contribution in [0.15, 0.2) is 46.5 Å². The Morgan fingerprint density at radius 2 is 2.08 bits per heavy atom. The van der Waals surface area contributed by atoms with Gasteiger partial charge in [0.2, 0.25) is 0 Å². The maximum absolute atomic E-state index is 12.9. The van der Waals surface area contributed by atoms with Crippen molar-refractivity contribution in [3.63, 3.8) is 0 Å². The Labute approximate surface area is 82.9 Å². The third-order valence-electron chi connectivity index (χ3n) is 1.55. The normalized spacial score (nSPS) is 11.7. The highest BCUT2D eigenvalue weighted by molar-refractivity contribution is 8.02. The zero-order chi connectivity index (χ0) is 9.52. The SMILES string of the molecule is CCC/C(F)=C\Sc1ccccc1. The third-order valence-corrected chi connectivity index (χ3v) is 2.47. The lowest BCUT2D eigenvalue weighted by Gasteiger charge is -1.95. The fourth-order valence-corrected chi connectivity index (χ4v) is 1.62. The first-order valence-electron chi connectivity index (χ1n) is 4.39. The van der Waals surface area contributed by atoms with Gasteiger partial charge in [-0.2, -0.15) is 0 Å². The highest BCUT2D eigenvalue weighted by atomic mass is 32.2. The number of thioether (sulfide) groups is 1. The van der Waals surface area contributed by atoms with Crippen LogP contribution < -0.4 is 0 Å². The minimum absolute atomic E-state index is 0.0312. The van der Waals surface area contributed by atoms with Crippen LogP contribution in [-0.4, -0.2) is 0 Å². The molecule has 0 radical (unpaired) electrons. The van der Waals surface area contributed by atoms with E-state index in [9.17, 15) is 4.39 Å². The predicted octanol–water partition coefficient (Wildman–Crippen LogP) is 4.39. The van der Waals surface area contributed by atoms with Gasteiger partial charge in [0.05, 0.1) is 0 Å². The molecule has 0 unspecified atom stereocenters. The third kappa shape index (κ3) is 4.13. The highest BCUT2D eigenvalue weighted by Gasteiger charge is 1.93. The van der Waals surface area contributed by atoms with Gasteiger partial charge in [0.1, 0.15) is 5.83 Å². The van der Waals surface area contributed by atoms with Crippen molar-refractivity contribution in [2.75, 3.05) is 0 Å². The molecule has 13 heavy (non-hydrogen) atoms. The standard InChI is InChI=1S/C11H13FS/c1-2-6-10(12)9-13-11-7-4-3-5-8-11/h3-5,7-9H,2,6H2,1H3/b10-9+. The van der Waals surface area contributed by atoms with Crippen LogP contribution in [0.3, 0.4) is 0 Å². The summed E-state index contributed by atoms with van der Waals surface area (Å²) in [6, 6.07) is 9.80. The molecule has 1 aromatic carbocycles. The van der Waals surface area contributed by atoms with Crippen LogP contribution in [0.1, 0.15) is 19.8 Å². The smallest absolute Gasteiger partial charge is 0.107 e. The minimum atomic E-state index is -0.0312.